The Morgan fingerprint density at radius 3 is 2.80 bits per heavy atom. The molecule has 1 aromatic carbocycles. The summed E-state index contributed by atoms with van der Waals surface area (Å²) in [5, 5.41) is 7.17. The van der Waals surface area contributed by atoms with Crippen LogP contribution in [0.3, 0.4) is 0 Å². The van der Waals surface area contributed by atoms with Crippen molar-refractivity contribution in [1.29, 1.82) is 0 Å². The van der Waals surface area contributed by atoms with E-state index in [-0.39, 0.29) is 6.04 Å². The van der Waals surface area contributed by atoms with Crippen molar-refractivity contribution in [3.63, 3.8) is 0 Å². The molecule has 0 amide bonds. The highest BCUT2D eigenvalue weighted by Crippen LogP contribution is 2.17. The molecule has 4 nitrogen and oxygen atoms in total. The van der Waals surface area contributed by atoms with Crippen LogP contribution in [0.25, 0.3) is 0 Å². The first-order valence-electron chi connectivity index (χ1n) is 6.99. The molecule has 2 atom stereocenters. The highest BCUT2D eigenvalue weighted by Gasteiger charge is 2.15. The second-order valence-corrected chi connectivity index (χ2v) is 5.39. The zero-order valence-corrected chi connectivity index (χ0v) is 12.8. The van der Waals surface area contributed by atoms with Gasteiger partial charge in [0, 0.05) is 13.2 Å². The van der Waals surface area contributed by atoms with E-state index in [0.29, 0.717) is 11.2 Å². The van der Waals surface area contributed by atoms with Crippen molar-refractivity contribution in [2.24, 2.45) is 0 Å². The molecule has 2 rings (SSSR count). The lowest BCUT2D eigenvalue weighted by atomic mass is 10.1. The topological polar surface area (TPSA) is 42.5 Å². The smallest absolute Gasteiger partial charge is 0.166 e. The molecule has 1 fully saturated rings. The lowest BCUT2D eigenvalue weighted by Crippen LogP contribution is -2.40. The summed E-state index contributed by atoms with van der Waals surface area (Å²) in [6, 6.07) is 8.15. The molecule has 0 radical (unpaired) electrons. The number of benzene rings is 1. The third-order valence-electron chi connectivity index (χ3n) is 3.48. The maximum absolute atomic E-state index is 5.55. The minimum absolute atomic E-state index is 0.158. The summed E-state index contributed by atoms with van der Waals surface area (Å²) in [6.07, 6.45) is 2.56. The maximum Gasteiger partial charge on any atom is 0.166 e. The van der Waals surface area contributed by atoms with Gasteiger partial charge < -0.3 is 20.1 Å². The van der Waals surface area contributed by atoms with E-state index < -0.39 is 0 Å². The first kappa shape index (κ1) is 15.1. The Kier molecular flexibility index (Phi) is 5.61. The van der Waals surface area contributed by atoms with Crippen LogP contribution in [-0.2, 0) is 4.74 Å². The predicted octanol–water partition coefficient (Wildman–Crippen LogP) is 2.40. The predicted molar refractivity (Wildman–Crippen MR) is 84.1 cm³/mol. The highest BCUT2D eigenvalue weighted by molar-refractivity contribution is 7.80. The van der Waals surface area contributed by atoms with E-state index in [1.54, 1.807) is 7.11 Å². The third-order valence-corrected chi connectivity index (χ3v) is 3.74. The highest BCUT2D eigenvalue weighted by atomic mass is 32.1. The third kappa shape index (κ3) is 4.35. The van der Waals surface area contributed by atoms with Crippen molar-refractivity contribution >= 4 is 17.3 Å². The average Bonchev–Trinajstić information content (AvgIpc) is 2.98. The second kappa shape index (κ2) is 7.45. The Balaban J connectivity index is 1.77. The lowest BCUT2D eigenvalue weighted by Gasteiger charge is -2.19. The molecule has 110 valence electrons. The van der Waals surface area contributed by atoms with E-state index in [1.165, 1.54) is 5.56 Å². The van der Waals surface area contributed by atoms with Crippen molar-refractivity contribution in [1.82, 2.24) is 10.6 Å². The Hall–Kier alpha value is -1.33. The molecule has 5 heteroatoms. The van der Waals surface area contributed by atoms with Gasteiger partial charge in [-0.3, -0.25) is 0 Å². The van der Waals surface area contributed by atoms with E-state index >= 15 is 0 Å². The van der Waals surface area contributed by atoms with Gasteiger partial charge in [0.1, 0.15) is 5.75 Å². The number of rotatable bonds is 5. The summed E-state index contributed by atoms with van der Waals surface area (Å²) < 4.78 is 10.7. The van der Waals surface area contributed by atoms with Gasteiger partial charge in [-0.05, 0) is 49.7 Å². The van der Waals surface area contributed by atoms with Gasteiger partial charge in [-0.2, -0.15) is 0 Å². The number of hydrogen-bond donors (Lipinski definition) is 2. The summed E-state index contributed by atoms with van der Waals surface area (Å²) in [4.78, 5) is 0. The van der Waals surface area contributed by atoms with Crippen molar-refractivity contribution in [3.8, 4) is 5.75 Å². The van der Waals surface area contributed by atoms with E-state index in [0.717, 1.165) is 31.7 Å². The summed E-state index contributed by atoms with van der Waals surface area (Å²) in [5.41, 5.74) is 1.17. The van der Waals surface area contributed by atoms with E-state index in [1.807, 2.05) is 24.3 Å². The van der Waals surface area contributed by atoms with Crippen LogP contribution < -0.4 is 15.4 Å². The van der Waals surface area contributed by atoms with Crippen LogP contribution in [0.15, 0.2) is 24.3 Å². The molecule has 2 N–H and O–H groups in total. The molecule has 0 saturated carbocycles. The Labute approximate surface area is 125 Å². The maximum atomic E-state index is 5.55. The van der Waals surface area contributed by atoms with Gasteiger partial charge >= 0.3 is 0 Å². The zero-order chi connectivity index (χ0) is 14.4. The molecule has 1 heterocycles. The Morgan fingerprint density at radius 1 is 1.45 bits per heavy atom. The molecule has 20 heavy (non-hydrogen) atoms. The monoisotopic (exact) mass is 294 g/mol. The first-order valence-corrected chi connectivity index (χ1v) is 7.40. The SMILES string of the molecule is COc1ccc([C@H](C)NC(=S)NC[C@@H]2CCCO2)cc1. The van der Waals surface area contributed by atoms with Gasteiger partial charge in [0.25, 0.3) is 0 Å². The standard InChI is InChI=1S/C15H22N2O2S/c1-11(12-5-7-13(18-2)8-6-12)17-15(20)16-10-14-4-3-9-19-14/h5-8,11,14H,3-4,9-10H2,1-2H3,(H2,16,17,20)/t11-,14-/m0/s1. The van der Waals surface area contributed by atoms with Crippen LogP contribution in [0.1, 0.15) is 31.4 Å². The van der Waals surface area contributed by atoms with Gasteiger partial charge in [0.2, 0.25) is 0 Å². The minimum atomic E-state index is 0.158. The molecule has 0 aliphatic carbocycles. The number of methoxy groups -OCH3 is 1. The number of nitrogens with one attached hydrogen (secondary N) is 2. The van der Waals surface area contributed by atoms with Crippen LogP contribution >= 0.6 is 12.2 Å². The molecule has 0 spiro atoms. The van der Waals surface area contributed by atoms with Crippen LogP contribution in [0.5, 0.6) is 5.75 Å². The fourth-order valence-electron chi connectivity index (χ4n) is 2.24. The summed E-state index contributed by atoms with van der Waals surface area (Å²) in [5.74, 6) is 0.861. The van der Waals surface area contributed by atoms with E-state index in [4.69, 9.17) is 21.7 Å². The Bertz CT molecular complexity index is 430. The van der Waals surface area contributed by atoms with Crippen LogP contribution in [0, 0.1) is 0 Å². The van der Waals surface area contributed by atoms with Crippen molar-refractivity contribution in [2.75, 3.05) is 20.3 Å². The van der Waals surface area contributed by atoms with Gasteiger partial charge in [-0.15, -0.1) is 0 Å². The van der Waals surface area contributed by atoms with E-state index in [2.05, 4.69) is 17.6 Å². The van der Waals surface area contributed by atoms with Crippen LogP contribution in [-0.4, -0.2) is 31.5 Å². The number of hydrogen-bond acceptors (Lipinski definition) is 3. The molecule has 0 bridgehead atoms. The van der Waals surface area contributed by atoms with E-state index in [9.17, 15) is 0 Å². The lowest BCUT2D eigenvalue weighted by molar-refractivity contribution is 0.114. The van der Waals surface area contributed by atoms with Crippen molar-refractivity contribution in [2.45, 2.75) is 31.9 Å². The number of thiocarbonyl (C=S) groups is 1. The minimum Gasteiger partial charge on any atom is -0.497 e. The number of ether oxygens (including phenoxy) is 2. The summed E-state index contributed by atoms with van der Waals surface area (Å²) in [6.45, 7) is 3.73. The first-order chi connectivity index (χ1) is 9.69. The average molecular weight is 294 g/mol. The summed E-state index contributed by atoms with van der Waals surface area (Å²) in [7, 11) is 1.67. The molecule has 0 unspecified atom stereocenters. The fourth-order valence-corrected chi connectivity index (χ4v) is 2.50. The molecular formula is C15H22N2O2S. The van der Waals surface area contributed by atoms with Gasteiger partial charge in [-0.25, -0.2) is 0 Å². The van der Waals surface area contributed by atoms with Gasteiger partial charge in [0.05, 0.1) is 19.3 Å². The molecule has 1 saturated heterocycles. The largest absolute Gasteiger partial charge is 0.497 e. The zero-order valence-electron chi connectivity index (χ0n) is 12.0. The van der Waals surface area contributed by atoms with Crippen molar-refractivity contribution < 1.29 is 9.47 Å². The molecule has 1 aliphatic heterocycles. The normalized spacial score (nSPS) is 19.4. The summed E-state index contributed by atoms with van der Waals surface area (Å²) >= 11 is 5.31. The van der Waals surface area contributed by atoms with Crippen LogP contribution in [0.2, 0.25) is 0 Å². The molecular weight excluding hydrogens is 272 g/mol. The van der Waals surface area contributed by atoms with Crippen LogP contribution in [0.4, 0.5) is 0 Å². The molecule has 0 aromatic heterocycles. The quantitative estimate of drug-likeness (QED) is 0.816. The van der Waals surface area contributed by atoms with Crippen molar-refractivity contribution in [3.05, 3.63) is 29.8 Å². The fraction of sp³-hybridized carbons (Fsp3) is 0.533. The second-order valence-electron chi connectivity index (χ2n) is 4.98. The molecule has 1 aromatic rings. The van der Waals surface area contributed by atoms with Gasteiger partial charge in [-0.1, -0.05) is 12.1 Å². The van der Waals surface area contributed by atoms with Gasteiger partial charge in [0.15, 0.2) is 5.11 Å². The Morgan fingerprint density at radius 2 is 2.20 bits per heavy atom. The molecule has 1 aliphatic rings.